The second kappa shape index (κ2) is 16.9. The van der Waals surface area contributed by atoms with E-state index in [0.29, 0.717) is 6.61 Å². The highest BCUT2D eigenvalue weighted by atomic mass is 28.4. The van der Waals surface area contributed by atoms with Crippen LogP contribution >= 0.6 is 0 Å². The van der Waals surface area contributed by atoms with Crippen molar-refractivity contribution in [2.75, 3.05) is 13.2 Å². The Morgan fingerprint density at radius 3 is 1.52 bits per heavy atom. The molecule has 0 fully saturated rings. The van der Waals surface area contributed by atoms with E-state index in [-0.39, 0.29) is 0 Å². The molecule has 0 aromatic heterocycles. The molecule has 3 heteroatoms. The summed E-state index contributed by atoms with van der Waals surface area (Å²) in [6.07, 6.45) is 15.6. The molecule has 0 aliphatic rings. The van der Waals surface area contributed by atoms with E-state index < -0.39 is 8.56 Å². The van der Waals surface area contributed by atoms with Crippen LogP contribution in [0.25, 0.3) is 0 Å². The minimum absolute atomic E-state index is 0.642. The second-order valence-corrected chi connectivity index (χ2v) is 12.3. The van der Waals surface area contributed by atoms with Crippen molar-refractivity contribution in [3.63, 3.8) is 0 Å². The van der Waals surface area contributed by atoms with Crippen molar-refractivity contribution in [1.82, 2.24) is 0 Å². The molecule has 0 heterocycles. The Hall–Kier alpha value is -1.68. The predicted octanol–water partition coefficient (Wildman–Crippen LogP) is 7.55. The summed E-state index contributed by atoms with van der Waals surface area (Å²) in [4.78, 5) is 0. The molecule has 2 rings (SSSR count). The normalized spacial score (nSPS) is 11.6. The molecule has 2 nitrogen and oxygen atoms in total. The van der Waals surface area contributed by atoms with Gasteiger partial charge in [0.25, 0.3) is 0 Å². The van der Waals surface area contributed by atoms with Crippen molar-refractivity contribution >= 4 is 18.9 Å². The Kier molecular flexibility index (Phi) is 14.1. The van der Waals surface area contributed by atoms with Gasteiger partial charge in [-0.15, -0.1) is 6.58 Å². The van der Waals surface area contributed by atoms with Crippen LogP contribution < -0.4 is 10.4 Å². The molecule has 0 unspecified atom stereocenters. The number of rotatable bonds is 19. The van der Waals surface area contributed by atoms with Crippen molar-refractivity contribution in [3.05, 3.63) is 72.8 Å². The van der Waals surface area contributed by atoms with Gasteiger partial charge in [-0.2, -0.15) is 0 Å². The van der Waals surface area contributed by atoms with Crippen molar-refractivity contribution in [1.29, 1.82) is 0 Å². The summed E-state index contributed by atoms with van der Waals surface area (Å²) in [6, 6.07) is 21.2. The van der Waals surface area contributed by atoms with E-state index in [2.05, 4.69) is 81.1 Å². The molecule has 182 valence electrons. The van der Waals surface area contributed by atoms with Gasteiger partial charge < -0.3 is 8.85 Å². The first-order chi connectivity index (χ1) is 16.2. The lowest BCUT2D eigenvalue weighted by Gasteiger charge is -2.31. The molecular weight excluding hydrogens is 420 g/mol. The van der Waals surface area contributed by atoms with Gasteiger partial charge in [0.15, 0.2) is 0 Å². The SMILES string of the molecule is C=C(C)CCO[Si](OCCCCCCCCCCCCC)(c1ccccc1)c1ccccc1. The third-order valence-electron chi connectivity index (χ3n) is 6.20. The van der Waals surface area contributed by atoms with Crippen LogP contribution in [0.5, 0.6) is 0 Å². The monoisotopic (exact) mass is 466 g/mol. The van der Waals surface area contributed by atoms with Gasteiger partial charge in [-0.1, -0.05) is 137 Å². The fraction of sp³-hybridized carbons (Fsp3) is 0.533. The summed E-state index contributed by atoms with van der Waals surface area (Å²) in [6.45, 7) is 9.78. The van der Waals surface area contributed by atoms with Crippen LogP contribution in [0.4, 0.5) is 0 Å². The molecule has 33 heavy (non-hydrogen) atoms. The molecule has 0 atom stereocenters. The smallest absolute Gasteiger partial charge is 0.388 e. The number of hydrogen-bond donors (Lipinski definition) is 0. The summed E-state index contributed by atoms with van der Waals surface area (Å²) >= 11 is 0. The van der Waals surface area contributed by atoms with E-state index in [1.165, 1.54) is 74.6 Å². The fourth-order valence-corrected chi connectivity index (χ4v) is 7.38. The van der Waals surface area contributed by atoms with E-state index >= 15 is 0 Å². The standard InChI is InChI=1S/C30H46O2Si/c1-4-5-6-7-8-9-10-11-12-13-20-26-31-33(32-27-25-28(2)3,29-21-16-14-17-22-29)30-23-18-15-19-24-30/h14-19,21-24H,2,4-13,20,25-27H2,1,3H3. The molecule has 0 radical (unpaired) electrons. The van der Waals surface area contributed by atoms with Crippen molar-refractivity contribution in [2.24, 2.45) is 0 Å². The molecule has 0 aliphatic carbocycles. The first kappa shape index (κ1) is 27.6. The van der Waals surface area contributed by atoms with E-state index in [1.807, 2.05) is 0 Å². The summed E-state index contributed by atoms with van der Waals surface area (Å²) < 4.78 is 13.4. The molecule has 0 spiro atoms. The molecule has 2 aromatic rings. The minimum atomic E-state index is -2.75. The maximum Gasteiger partial charge on any atom is 0.407 e. The highest BCUT2D eigenvalue weighted by molar-refractivity contribution is 6.92. The van der Waals surface area contributed by atoms with E-state index in [0.717, 1.165) is 25.0 Å². The van der Waals surface area contributed by atoms with Gasteiger partial charge in [-0.3, -0.25) is 0 Å². The van der Waals surface area contributed by atoms with Crippen LogP contribution in [0.15, 0.2) is 72.8 Å². The molecular formula is C30H46O2Si. The average molecular weight is 467 g/mol. The molecule has 0 amide bonds. The third-order valence-corrected chi connectivity index (χ3v) is 9.60. The van der Waals surface area contributed by atoms with E-state index in [4.69, 9.17) is 8.85 Å². The zero-order valence-electron chi connectivity index (χ0n) is 21.2. The summed E-state index contributed by atoms with van der Waals surface area (Å²) in [5.41, 5.74) is 1.14. The van der Waals surface area contributed by atoms with Crippen LogP contribution in [0, 0.1) is 0 Å². The predicted molar refractivity (Wildman–Crippen MR) is 146 cm³/mol. The van der Waals surface area contributed by atoms with Crippen molar-refractivity contribution < 1.29 is 8.85 Å². The fourth-order valence-electron chi connectivity index (χ4n) is 4.21. The number of hydrogen-bond acceptors (Lipinski definition) is 2. The maximum absolute atomic E-state index is 6.75. The Morgan fingerprint density at radius 1 is 0.636 bits per heavy atom. The van der Waals surface area contributed by atoms with Crippen molar-refractivity contribution in [2.45, 2.75) is 90.9 Å². The molecule has 0 N–H and O–H groups in total. The average Bonchev–Trinajstić information content (AvgIpc) is 2.84. The lowest BCUT2D eigenvalue weighted by atomic mass is 10.1. The van der Waals surface area contributed by atoms with E-state index in [9.17, 15) is 0 Å². The van der Waals surface area contributed by atoms with Crippen molar-refractivity contribution in [3.8, 4) is 0 Å². The lowest BCUT2D eigenvalue weighted by molar-refractivity contribution is 0.189. The third kappa shape index (κ3) is 10.4. The Labute approximate surface area is 204 Å². The van der Waals surface area contributed by atoms with Gasteiger partial charge in [-0.25, -0.2) is 0 Å². The van der Waals surface area contributed by atoms with E-state index in [1.54, 1.807) is 0 Å². The summed E-state index contributed by atoms with van der Waals surface area (Å²) in [5.74, 6) is 0. The second-order valence-electron chi connectivity index (χ2n) is 9.29. The van der Waals surface area contributed by atoms with Gasteiger partial charge in [0.1, 0.15) is 0 Å². The minimum Gasteiger partial charge on any atom is -0.388 e. The van der Waals surface area contributed by atoms with Gasteiger partial charge in [-0.05, 0) is 30.1 Å². The van der Waals surface area contributed by atoms with Gasteiger partial charge in [0.2, 0.25) is 0 Å². The molecule has 0 saturated carbocycles. The van der Waals surface area contributed by atoms with Crippen LogP contribution in [-0.2, 0) is 8.85 Å². The van der Waals surface area contributed by atoms with Crippen LogP contribution in [0.2, 0.25) is 0 Å². The highest BCUT2D eigenvalue weighted by Gasteiger charge is 2.42. The topological polar surface area (TPSA) is 18.5 Å². The highest BCUT2D eigenvalue weighted by Crippen LogP contribution is 2.15. The summed E-state index contributed by atoms with van der Waals surface area (Å²) in [5, 5.41) is 2.36. The molecule has 0 saturated heterocycles. The first-order valence-corrected chi connectivity index (χ1v) is 15.0. The number of benzene rings is 2. The largest absolute Gasteiger partial charge is 0.407 e. The number of unbranched alkanes of at least 4 members (excludes halogenated alkanes) is 10. The van der Waals surface area contributed by atoms with Crippen LogP contribution in [-0.4, -0.2) is 21.8 Å². The van der Waals surface area contributed by atoms with Gasteiger partial charge in [0.05, 0.1) is 0 Å². The zero-order valence-corrected chi connectivity index (χ0v) is 22.2. The van der Waals surface area contributed by atoms with Crippen LogP contribution in [0.3, 0.4) is 0 Å². The Morgan fingerprint density at radius 2 is 1.06 bits per heavy atom. The van der Waals surface area contributed by atoms with Gasteiger partial charge in [0, 0.05) is 13.2 Å². The molecule has 0 aliphatic heterocycles. The van der Waals surface area contributed by atoms with Crippen LogP contribution in [0.1, 0.15) is 90.9 Å². The Balaban J connectivity index is 1.88. The first-order valence-electron chi connectivity index (χ1n) is 13.2. The zero-order chi connectivity index (χ0) is 23.6. The Bertz CT molecular complexity index is 705. The quantitative estimate of drug-likeness (QED) is 0.121. The summed E-state index contributed by atoms with van der Waals surface area (Å²) in [7, 11) is -2.75. The lowest BCUT2D eigenvalue weighted by Crippen LogP contribution is -2.63. The van der Waals surface area contributed by atoms with Gasteiger partial charge >= 0.3 is 8.56 Å². The maximum atomic E-state index is 6.75. The molecule has 0 bridgehead atoms. The molecule has 2 aromatic carbocycles.